The third kappa shape index (κ3) is 2.85. The molecule has 3 nitrogen and oxygen atoms in total. The van der Waals surface area contributed by atoms with Gasteiger partial charge in [-0.3, -0.25) is 0 Å². The molecule has 6 rings (SSSR count). The van der Waals surface area contributed by atoms with E-state index in [1.165, 1.54) is 10.8 Å². The fourth-order valence-corrected chi connectivity index (χ4v) is 4.89. The van der Waals surface area contributed by atoms with E-state index in [9.17, 15) is 0 Å². The predicted octanol–water partition coefficient (Wildman–Crippen LogP) is 7.76. The summed E-state index contributed by atoms with van der Waals surface area (Å²) in [6, 6.07) is 28.9. The summed E-state index contributed by atoms with van der Waals surface area (Å²) in [5.41, 5.74) is 7.43. The van der Waals surface area contributed by atoms with Gasteiger partial charge in [0, 0.05) is 22.4 Å². The average molecular weight is 426 g/mol. The summed E-state index contributed by atoms with van der Waals surface area (Å²) in [5.74, 6) is 0. The van der Waals surface area contributed by atoms with Crippen LogP contribution in [-0.4, -0.2) is 0 Å². The first-order chi connectivity index (χ1) is 16.2. The van der Waals surface area contributed by atoms with Gasteiger partial charge in [0.15, 0.2) is 11.9 Å². The average Bonchev–Trinajstić information content (AvgIpc) is 3.23. The van der Waals surface area contributed by atoms with E-state index in [2.05, 4.69) is 72.0 Å². The minimum Gasteiger partial charge on any atom is -0.456 e. The van der Waals surface area contributed by atoms with Gasteiger partial charge in [-0.05, 0) is 29.5 Å². The van der Waals surface area contributed by atoms with E-state index in [-0.39, 0.29) is 0 Å². The highest BCUT2D eigenvalue weighted by Crippen LogP contribution is 2.44. The van der Waals surface area contributed by atoms with Crippen LogP contribution in [0.4, 0.5) is 5.69 Å². The molecule has 0 spiro atoms. The van der Waals surface area contributed by atoms with Crippen molar-refractivity contribution in [2.24, 2.45) is 7.05 Å². The molecule has 0 aliphatic rings. The van der Waals surface area contributed by atoms with Crippen molar-refractivity contribution >= 4 is 38.4 Å². The Kier molecular flexibility index (Phi) is 4.28. The van der Waals surface area contributed by atoms with Crippen LogP contribution in [0, 0.1) is 13.5 Å². The van der Waals surface area contributed by atoms with Crippen molar-refractivity contribution in [2.45, 2.75) is 6.92 Å². The minimum atomic E-state index is 0.599. The second-order valence-electron chi connectivity index (χ2n) is 8.41. The van der Waals surface area contributed by atoms with E-state index in [4.69, 9.17) is 11.0 Å². The summed E-state index contributed by atoms with van der Waals surface area (Å²) in [6.45, 7) is 9.88. The van der Waals surface area contributed by atoms with E-state index >= 15 is 0 Å². The molecule has 0 saturated heterocycles. The lowest BCUT2D eigenvalue weighted by Gasteiger charge is -2.08. The number of furan rings is 1. The van der Waals surface area contributed by atoms with Crippen LogP contribution in [0.2, 0.25) is 0 Å². The zero-order chi connectivity index (χ0) is 22.5. The first-order valence-electron chi connectivity index (χ1n) is 11.0. The van der Waals surface area contributed by atoms with Gasteiger partial charge in [0.05, 0.1) is 17.5 Å². The maximum atomic E-state index is 7.75. The highest BCUT2D eigenvalue weighted by atomic mass is 16.3. The summed E-state index contributed by atoms with van der Waals surface area (Å²) in [6.07, 6.45) is 2.10. The number of hydrogen-bond acceptors (Lipinski definition) is 1. The summed E-state index contributed by atoms with van der Waals surface area (Å²) < 4.78 is 8.86. The molecule has 0 atom stereocenters. The van der Waals surface area contributed by atoms with Crippen molar-refractivity contribution in [1.29, 1.82) is 0 Å². The summed E-state index contributed by atoms with van der Waals surface area (Å²) >= 11 is 0. The molecule has 3 heteroatoms. The highest BCUT2D eigenvalue weighted by molar-refractivity contribution is 6.16. The molecule has 0 amide bonds. The van der Waals surface area contributed by atoms with E-state index in [0.717, 1.165) is 49.9 Å². The Morgan fingerprint density at radius 2 is 1.42 bits per heavy atom. The maximum Gasteiger partial charge on any atom is 0.224 e. The van der Waals surface area contributed by atoms with Gasteiger partial charge in [-0.2, -0.15) is 0 Å². The van der Waals surface area contributed by atoms with Gasteiger partial charge in [0.2, 0.25) is 5.69 Å². The fourth-order valence-electron chi connectivity index (χ4n) is 4.89. The molecule has 6 aromatic rings. The second-order valence-corrected chi connectivity index (χ2v) is 8.41. The lowest BCUT2D eigenvalue weighted by atomic mass is 9.96. The van der Waals surface area contributed by atoms with Gasteiger partial charge in [0.25, 0.3) is 0 Å². The van der Waals surface area contributed by atoms with Gasteiger partial charge in [0.1, 0.15) is 18.2 Å². The molecule has 4 aromatic carbocycles. The summed E-state index contributed by atoms with van der Waals surface area (Å²) in [5, 5.41) is 4.47. The van der Waals surface area contributed by atoms with Crippen LogP contribution in [-0.2, 0) is 7.05 Å². The largest absolute Gasteiger partial charge is 0.456 e. The third-order valence-corrected chi connectivity index (χ3v) is 6.46. The quantitative estimate of drug-likeness (QED) is 0.205. The SMILES string of the molecule is [C-]#[N+]c1ccc2c(oc3c(-c4c5ccccc5cc[n+]4C)c(C)ccc32)c1-c1ccccc1. The number of fused-ring (bicyclic) bond motifs is 4. The van der Waals surface area contributed by atoms with Crippen LogP contribution in [0.25, 0.3) is 59.9 Å². The molecular formula is C30H21N2O+. The number of benzene rings is 4. The van der Waals surface area contributed by atoms with Gasteiger partial charge in [-0.25, -0.2) is 9.41 Å². The van der Waals surface area contributed by atoms with Crippen molar-refractivity contribution in [1.82, 2.24) is 0 Å². The second kappa shape index (κ2) is 7.32. The molecule has 156 valence electrons. The van der Waals surface area contributed by atoms with Gasteiger partial charge in [-0.15, -0.1) is 0 Å². The van der Waals surface area contributed by atoms with Gasteiger partial charge >= 0.3 is 0 Å². The lowest BCUT2D eigenvalue weighted by molar-refractivity contribution is -0.659. The molecule has 0 unspecified atom stereocenters. The van der Waals surface area contributed by atoms with E-state index in [0.29, 0.717) is 5.69 Å². The molecule has 2 heterocycles. The molecule has 33 heavy (non-hydrogen) atoms. The Hall–Kier alpha value is -4.42. The third-order valence-electron chi connectivity index (χ3n) is 6.46. The Bertz CT molecular complexity index is 1740. The topological polar surface area (TPSA) is 21.4 Å². The lowest BCUT2D eigenvalue weighted by Crippen LogP contribution is -2.30. The first-order valence-corrected chi connectivity index (χ1v) is 11.0. The normalized spacial score (nSPS) is 11.3. The fraction of sp³-hybridized carbons (Fsp3) is 0.0667. The molecular weight excluding hydrogens is 404 g/mol. The smallest absolute Gasteiger partial charge is 0.224 e. The molecule has 0 N–H and O–H groups in total. The predicted molar refractivity (Wildman–Crippen MR) is 134 cm³/mol. The van der Waals surface area contributed by atoms with Gasteiger partial charge in [-0.1, -0.05) is 72.8 Å². The number of aryl methyl sites for hydroxylation is 2. The number of hydrogen-bond donors (Lipinski definition) is 0. The number of aromatic nitrogens is 1. The van der Waals surface area contributed by atoms with Crippen LogP contribution in [0.5, 0.6) is 0 Å². The van der Waals surface area contributed by atoms with E-state index in [1.54, 1.807) is 0 Å². The molecule has 0 radical (unpaired) electrons. The Labute approximate surface area is 192 Å². The number of pyridine rings is 1. The molecule has 0 bridgehead atoms. The minimum absolute atomic E-state index is 0.599. The monoisotopic (exact) mass is 425 g/mol. The Balaban J connectivity index is 1.78. The zero-order valence-electron chi connectivity index (χ0n) is 18.5. The standard InChI is InChI=1S/C30H21N2O/c1-19-13-14-23-24-15-16-25(31-2)27(21-10-5-4-6-11-21)30(24)33-29(23)26(19)28-22-12-8-7-9-20(22)17-18-32(28)3/h4-18H,1,3H3/q+1. The van der Waals surface area contributed by atoms with Crippen molar-refractivity contribution in [3.8, 4) is 22.4 Å². The highest BCUT2D eigenvalue weighted by Gasteiger charge is 2.24. The zero-order valence-corrected chi connectivity index (χ0v) is 18.5. The molecule has 0 saturated carbocycles. The van der Waals surface area contributed by atoms with Gasteiger partial charge < -0.3 is 4.42 Å². The molecule has 2 aromatic heterocycles. The van der Waals surface area contributed by atoms with Crippen LogP contribution < -0.4 is 4.57 Å². The van der Waals surface area contributed by atoms with E-state index < -0.39 is 0 Å². The van der Waals surface area contributed by atoms with Crippen LogP contribution in [0.3, 0.4) is 0 Å². The summed E-state index contributed by atoms with van der Waals surface area (Å²) in [4.78, 5) is 3.81. The van der Waals surface area contributed by atoms with Crippen molar-refractivity contribution < 1.29 is 8.98 Å². The van der Waals surface area contributed by atoms with E-state index in [1.807, 2.05) is 42.5 Å². The Morgan fingerprint density at radius 1 is 0.727 bits per heavy atom. The molecule has 0 fully saturated rings. The number of nitrogens with zero attached hydrogens (tertiary/aromatic N) is 2. The summed E-state index contributed by atoms with van der Waals surface area (Å²) in [7, 11) is 2.08. The van der Waals surface area contributed by atoms with Crippen molar-refractivity contribution in [3.63, 3.8) is 0 Å². The molecule has 0 aliphatic carbocycles. The first kappa shape index (κ1) is 19.3. The van der Waals surface area contributed by atoms with Crippen LogP contribution in [0.1, 0.15) is 5.56 Å². The molecule has 0 aliphatic heterocycles. The van der Waals surface area contributed by atoms with Crippen molar-refractivity contribution in [2.75, 3.05) is 0 Å². The van der Waals surface area contributed by atoms with Crippen molar-refractivity contribution in [3.05, 3.63) is 108 Å². The van der Waals surface area contributed by atoms with Crippen LogP contribution >= 0.6 is 0 Å². The maximum absolute atomic E-state index is 7.75. The number of rotatable bonds is 2. The Morgan fingerprint density at radius 3 is 2.21 bits per heavy atom. The van der Waals surface area contributed by atoms with Crippen LogP contribution in [0.15, 0.2) is 95.5 Å².